The van der Waals surface area contributed by atoms with Gasteiger partial charge in [-0.1, -0.05) is 6.07 Å². The second-order valence-corrected chi connectivity index (χ2v) is 6.42. The minimum atomic E-state index is 0.307. The molecular formula is C17H26N2O2. The summed E-state index contributed by atoms with van der Waals surface area (Å²) in [5, 5.41) is 3.45. The molecule has 2 aliphatic rings. The van der Waals surface area contributed by atoms with Crippen LogP contribution in [0.3, 0.4) is 0 Å². The Labute approximate surface area is 127 Å². The monoisotopic (exact) mass is 290 g/mol. The summed E-state index contributed by atoms with van der Waals surface area (Å²) in [6.45, 7) is 7.10. The molecule has 0 amide bonds. The van der Waals surface area contributed by atoms with Crippen LogP contribution in [0.4, 0.5) is 0 Å². The van der Waals surface area contributed by atoms with Gasteiger partial charge in [-0.2, -0.15) is 0 Å². The van der Waals surface area contributed by atoms with E-state index in [9.17, 15) is 0 Å². The second-order valence-electron chi connectivity index (χ2n) is 6.42. The summed E-state index contributed by atoms with van der Waals surface area (Å²) in [6.07, 6.45) is 3.36. The number of hydrogen-bond donors (Lipinski definition) is 1. The van der Waals surface area contributed by atoms with Crippen LogP contribution in [-0.4, -0.2) is 43.8 Å². The maximum atomic E-state index is 5.78. The zero-order valence-corrected chi connectivity index (χ0v) is 13.2. The van der Waals surface area contributed by atoms with E-state index in [1.54, 1.807) is 0 Å². The number of hydrogen-bond acceptors (Lipinski definition) is 4. The van der Waals surface area contributed by atoms with E-state index in [4.69, 9.17) is 9.47 Å². The summed E-state index contributed by atoms with van der Waals surface area (Å²) < 4.78 is 11.5. The van der Waals surface area contributed by atoms with Crippen molar-refractivity contribution < 1.29 is 9.47 Å². The third-order valence-corrected chi connectivity index (χ3v) is 4.78. The average Bonchev–Trinajstić information content (AvgIpc) is 2.75. The Morgan fingerprint density at radius 3 is 2.57 bits per heavy atom. The van der Waals surface area contributed by atoms with Crippen molar-refractivity contribution >= 4 is 0 Å². The molecule has 0 aromatic heterocycles. The van der Waals surface area contributed by atoms with Gasteiger partial charge in [-0.25, -0.2) is 0 Å². The highest BCUT2D eigenvalue weighted by Gasteiger charge is 2.28. The first-order valence-electron chi connectivity index (χ1n) is 7.98. The molecule has 0 spiro atoms. The fourth-order valence-corrected chi connectivity index (χ4v) is 3.02. The van der Waals surface area contributed by atoms with E-state index in [-0.39, 0.29) is 0 Å². The number of nitrogens with zero attached hydrogens (tertiary/aromatic N) is 1. The van der Waals surface area contributed by atoms with Crippen LogP contribution in [0.1, 0.15) is 31.7 Å². The van der Waals surface area contributed by atoms with Crippen LogP contribution in [0.5, 0.6) is 11.5 Å². The van der Waals surface area contributed by atoms with Crippen molar-refractivity contribution in [2.45, 2.75) is 38.3 Å². The second kappa shape index (κ2) is 6.24. The fourth-order valence-electron chi connectivity index (χ4n) is 3.02. The Bertz CT molecular complexity index is 482. The molecule has 1 fully saturated rings. The van der Waals surface area contributed by atoms with Crippen molar-refractivity contribution in [2.75, 3.05) is 33.4 Å². The summed E-state index contributed by atoms with van der Waals surface area (Å²) in [6, 6.07) is 6.36. The lowest BCUT2D eigenvalue weighted by molar-refractivity contribution is 0.146. The van der Waals surface area contributed by atoms with E-state index in [1.165, 1.54) is 18.4 Å². The van der Waals surface area contributed by atoms with E-state index in [1.807, 2.05) is 0 Å². The highest BCUT2D eigenvalue weighted by atomic mass is 16.5. The summed E-state index contributed by atoms with van der Waals surface area (Å²) in [5.41, 5.74) is 1.62. The smallest absolute Gasteiger partial charge is 0.161 e. The van der Waals surface area contributed by atoms with Crippen LogP contribution in [0.15, 0.2) is 18.2 Å². The van der Waals surface area contributed by atoms with Crippen molar-refractivity contribution in [2.24, 2.45) is 0 Å². The summed E-state index contributed by atoms with van der Waals surface area (Å²) in [4.78, 5) is 2.53. The molecule has 0 atom stereocenters. The molecule has 0 unspecified atom stereocenters. The van der Waals surface area contributed by atoms with Gasteiger partial charge in [-0.15, -0.1) is 0 Å². The predicted molar refractivity (Wildman–Crippen MR) is 84.0 cm³/mol. The molecule has 3 rings (SSSR count). The van der Waals surface area contributed by atoms with E-state index in [0.717, 1.165) is 50.8 Å². The van der Waals surface area contributed by atoms with Gasteiger partial charge < -0.3 is 14.8 Å². The lowest BCUT2D eigenvalue weighted by atomic mass is 9.90. The van der Waals surface area contributed by atoms with Crippen molar-refractivity contribution in [3.63, 3.8) is 0 Å². The minimum Gasteiger partial charge on any atom is -0.490 e. The minimum absolute atomic E-state index is 0.307. The SMILES string of the molecule is CNC1(C)CCN(Cc2ccc3c(c2)OCCCO3)CC1. The van der Waals surface area contributed by atoms with Crippen LogP contribution in [0.25, 0.3) is 0 Å². The van der Waals surface area contributed by atoms with Gasteiger partial charge in [0.2, 0.25) is 0 Å². The van der Waals surface area contributed by atoms with Crippen molar-refractivity contribution in [1.82, 2.24) is 10.2 Å². The predicted octanol–water partition coefficient (Wildman–Crippen LogP) is 2.42. The van der Waals surface area contributed by atoms with E-state index in [0.29, 0.717) is 5.54 Å². The Morgan fingerprint density at radius 2 is 1.86 bits per heavy atom. The number of benzene rings is 1. The van der Waals surface area contributed by atoms with E-state index < -0.39 is 0 Å². The molecular weight excluding hydrogens is 264 g/mol. The number of fused-ring (bicyclic) bond motifs is 1. The van der Waals surface area contributed by atoms with Gasteiger partial charge in [0.15, 0.2) is 11.5 Å². The topological polar surface area (TPSA) is 33.7 Å². The fraction of sp³-hybridized carbons (Fsp3) is 0.647. The Hall–Kier alpha value is -1.26. The van der Waals surface area contributed by atoms with Crippen LogP contribution in [0, 0.1) is 0 Å². The van der Waals surface area contributed by atoms with Crippen LogP contribution >= 0.6 is 0 Å². The van der Waals surface area contributed by atoms with Gasteiger partial charge >= 0.3 is 0 Å². The number of likely N-dealkylation sites (tertiary alicyclic amines) is 1. The molecule has 116 valence electrons. The number of nitrogens with one attached hydrogen (secondary N) is 1. The standard InChI is InChI=1S/C17H26N2O2/c1-17(18-2)6-8-19(9-7-17)13-14-4-5-15-16(12-14)21-11-3-10-20-15/h4-5,12,18H,3,6-11,13H2,1-2H3. The molecule has 2 aliphatic heterocycles. The molecule has 4 heteroatoms. The Morgan fingerprint density at radius 1 is 1.14 bits per heavy atom. The molecule has 1 N–H and O–H groups in total. The molecule has 21 heavy (non-hydrogen) atoms. The third kappa shape index (κ3) is 3.50. The van der Waals surface area contributed by atoms with Crippen LogP contribution < -0.4 is 14.8 Å². The van der Waals surface area contributed by atoms with Crippen molar-refractivity contribution in [3.05, 3.63) is 23.8 Å². The van der Waals surface area contributed by atoms with Crippen molar-refractivity contribution in [3.8, 4) is 11.5 Å². The lowest BCUT2D eigenvalue weighted by Crippen LogP contribution is -2.49. The normalized spacial score (nSPS) is 21.8. The Balaban J connectivity index is 1.62. The maximum Gasteiger partial charge on any atom is 0.161 e. The molecule has 1 saturated heterocycles. The van der Waals surface area contributed by atoms with Crippen LogP contribution in [0.2, 0.25) is 0 Å². The molecule has 0 radical (unpaired) electrons. The van der Waals surface area contributed by atoms with E-state index >= 15 is 0 Å². The first kappa shape index (κ1) is 14.7. The molecule has 0 saturated carbocycles. The van der Waals surface area contributed by atoms with E-state index in [2.05, 4.69) is 42.4 Å². The van der Waals surface area contributed by atoms with Gasteiger partial charge in [0.25, 0.3) is 0 Å². The lowest BCUT2D eigenvalue weighted by Gasteiger charge is -2.39. The summed E-state index contributed by atoms with van der Waals surface area (Å²) in [5.74, 6) is 1.79. The van der Waals surface area contributed by atoms with Crippen LogP contribution in [-0.2, 0) is 6.54 Å². The summed E-state index contributed by atoms with van der Waals surface area (Å²) >= 11 is 0. The number of rotatable bonds is 3. The first-order chi connectivity index (χ1) is 10.2. The molecule has 0 aliphatic carbocycles. The Kier molecular flexibility index (Phi) is 4.36. The van der Waals surface area contributed by atoms with Gasteiger partial charge in [0.05, 0.1) is 13.2 Å². The van der Waals surface area contributed by atoms with Gasteiger partial charge in [-0.3, -0.25) is 4.90 Å². The van der Waals surface area contributed by atoms with Gasteiger partial charge in [0.1, 0.15) is 0 Å². The largest absolute Gasteiger partial charge is 0.490 e. The highest BCUT2D eigenvalue weighted by Crippen LogP contribution is 2.31. The quantitative estimate of drug-likeness (QED) is 0.927. The summed E-state index contributed by atoms with van der Waals surface area (Å²) in [7, 11) is 2.07. The average molecular weight is 290 g/mol. The maximum absolute atomic E-state index is 5.78. The molecule has 4 nitrogen and oxygen atoms in total. The number of ether oxygens (including phenoxy) is 2. The zero-order chi connectivity index (χ0) is 14.7. The zero-order valence-electron chi connectivity index (χ0n) is 13.2. The number of piperidine rings is 1. The molecule has 0 bridgehead atoms. The highest BCUT2D eigenvalue weighted by molar-refractivity contribution is 5.43. The molecule has 2 heterocycles. The van der Waals surface area contributed by atoms with Gasteiger partial charge in [-0.05, 0) is 44.5 Å². The molecule has 1 aromatic carbocycles. The molecule has 1 aromatic rings. The first-order valence-corrected chi connectivity index (χ1v) is 7.98. The van der Waals surface area contributed by atoms with Gasteiger partial charge in [0, 0.05) is 31.6 Å². The van der Waals surface area contributed by atoms with Crippen molar-refractivity contribution in [1.29, 1.82) is 0 Å². The third-order valence-electron chi connectivity index (χ3n) is 4.78.